The van der Waals surface area contributed by atoms with Crippen LogP contribution in [0.1, 0.15) is 48.6 Å². The van der Waals surface area contributed by atoms with Gasteiger partial charge in [-0.15, -0.1) is 6.58 Å². The molecule has 0 unspecified atom stereocenters. The van der Waals surface area contributed by atoms with Crippen LogP contribution in [0.4, 0.5) is 13.2 Å². The maximum Gasteiger partial charge on any atom is 0.416 e. The van der Waals surface area contributed by atoms with Crippen LogP contribution in [0.3, 0.4) is 0 Å². The Morgan fingerprint density at radius 1 is 0.921 bits per heavy atom. The summed E-state index contributed by atoms with van der Waals surface area (Å²) in [5.41, 5.74) is 1.53. The van der Waals surface area contributed by atoms with Gasteiger partial charge in [-0.25, -0.2) is 0 Å². The Kier molecular flexibility index (Phi) is 10.3. The van der Waals surface area contributed by atoms with Gasteiger partial charge in [0.25, 0.3) is 0 Å². The first kappa shape index (κ1) is 28.8. The number of amides is 2. The molecule has 0 radical (unpaired) electrons. The predicted octanol–water partition coefficient (Wildman–Crippen LogP) is 6.29. The van der Waals surface area contributed by atoms with Gasteiger partial charge in [-0.1, -0.05) is 61.9 Å². The highest BCUT2D eigenvalue weighted by Gasteiger charge is 2.30. The third kappa shape index (κ3) is 8.36. The molecular formula is C30H34F3N3O2. The first-order chi connectivity index (χ1) is 18.2. The first-order valence-electron chi connectivity index (χ1n) is 12.7. The number of benzene rings is 2. The molecule has 0 saturated carbocycles. The average Bonchev–Trinajstić information content (AvgIpc) is 3.33. The molecule has 0 aliphatic heterocycles. The van der Waals surface area contributed by atoms with Gasteiger partial charge >= 0.3 is 6.18 Å². The lowest BCUT2D eigenvalue weighted by atomic mass is 10.1. The number of carbonyl (C=O) groups is 2. The van der Waals surface area contributed by atoms with Crippen LogP contribution in [0.15, 0.2) is 85.6 Å². The van der Waals surface area contributed by atoms with E-state index in [1.165, 1.54) is 11.0 Å². The van der Waals surface area contributed by atoms with Gasteiger partial charge in [-0.05, 0) is 41.8 Å². The van der Waals surface area contributed by atoms with Crippen molar-refractivity contribution in [2.24, 2.45) is 0 Å². The van der Waals surface area contributed by atoms with Gasteiger partial charge in [0.05, 0.1) is 12.1 Å². The van der Waals surface area contributed by atoms with E-state index < -0.39 is 11.7 Å². The Labute approximate surface area is 222 Å². The summed E-state index contributed by atoms with van der Waals surface area (Å²) < 4.78 is 41.4. The quantitative estimate of drug-likeness (QED) is 0.246. The molecule has 2 amide bonds. The Morgan fingerprint density at radius 2 is 1.66 bits per heavy atom. The fraction of sp³-hybridized carbons (Fsp3) is 0.333. The number of nitrogens with zero attached hydrogens (tertiary/aromatic N) is 3. The lowest BCUT2D eigenvalue weighted by molar-refractivity contribution is -0.141. The SMILES string of the molecule is C=CCN(CC(=O)N(Cc1ccccc1)Cc1cccn1Cc1cccc(C(F)(F)F)c1)C(=O)CCCC. The summed E-state index contributed by atoms with van der Waals surface area (Å²) >= 11 is 0. The molecule has 0 spiro atoms. The van der Waals surface area contributed by atoms with Crippen LogP contribution in [0.2, 0.25) is 0 Å². The Hall–Kier alpha value is -3.81. The van der Waals surface area contributed by atoms with Crippen LogP contribution in [-0.4, -0.2) is 39.3 Å². The van der Waals surface area contributed by atoms with E-state index in [1.54, 1.807) is 23.2 Å². The van der Waals surface area contributed by atoms with Gasteiger partial charge in [0, 0.05) is 37.9 Å². The second-order valence-electron chi connectivity index (χ2n) is 9.23. The van der Waals surface area contributed by atoms with Crippen LogP contribution in [0.25, 0.3) is 0 Å². The van der Waals surface area contributed by atoms with Crippen molar-refractivity contribution in [2.45, 2.75) is 52.0 Å². The van der Waals surface area contributed by atoms with E-state index >= 15 is 0 Å². The van der Waals surface area contributed by atoms with Gasteiger partial charge in [0.2, 0.25) is 11.8 Å². The van der Waals surface area contributed by atoms with Crippen LogP contribution in [0.5, 0.6) is 0 Å². The lowest BCUT2D eigenvalue weighted by Gasteiger charge is -2.28. The second-order valence-corrected chi connectivity index (χ2v) is 9.23. The molecule has 0 saturated heterocycles. The molecular weight excluding hydrogens is 491 g/mol. The van der Waals surface area contributed by atoms with Crippen molar-refractivity contribution in [3.63, 3.8) is 0 Å². The molecule has 3 aromatic rings. The predicted molar refractivity (Wildman–Crippen MR) is 142 cm³/mol. The molecule has 8 heteroatoms. The highest BCUT2D eigenvalue weighted by Crippen LogP contribution is 2.29. The van der Waals surface area contributed by atoms with Gasteiger partial charge in [0.1, 0.15) is 6.54 Å². The summed E-state index contributed by atoms with van der Waals surface area (Å²) in [6.07, 6.45) is 0.983. The third-order valence-corrected chi connectivity index (χ3v) is 6.23. The number of aromatic nitrogens is 1. The van der Waals surface area contributed by atoms with Gasteiger partial charge in [-0.2, -0.15) is 13.2 Å². The number of hydrogen-bond donors (Lipinski definition) is 0. The average molecular weight is 526 g/mol. The van der Waals surface area contributed by atoms with Crippen molar-refractivity contribution in [1.82, 2.24) is 14.4 Å². The van der Waals surface area contributed by atoms with Gasteiger partial charge in [0.15, 0.2) is 0 Å². The second kappa shape index (κ2) is 13.7. The summed E-state index contributed by atoms with van der Waals surface area (Å²) in [6, 6.07) is 18.5. The molecule has 0 atom stereocenters. The van der Waals surface area contributed by atoms with Crippen molar-refractivity contribution in [3.05, 3.63) is 108 Å². The van der Waals surface area contributed by atoms with Crippen LogP contribution >= 0.6 is 0 Å². The van der Waals surface area contributed by atoms with Crippen LogP contribution < -0.4 is 0 Å². The standard InChI is InChI=1S/C30H34F3N3O2/c1-3-5-16-28(37)35(17-4-2)23-29(38)36(20-24-11-7-6-8-12-24)22-27-15-10-18-34(27)21-25-13-9-14-26(19-25)30(31,32)33/h4,6-15,18-19H,2-3,5,16-17,20-23H2,1H3. The maximum atomic E-state index is 13.5. The van der Waals surface area contributed by atoms with Crippen molar-refractivity contribution >= 4 is 11.8 Å². The molecule has 0 aliphatic carbocycles. The number of hydrogen-bond acceptors (Lipinski definition) is 2. The molecule has 0 fully saturated rings. The normalized spacial score (nSPS) is 11.3. The first-order valence-corrected chi connectivity index (χ1v) is 12.7. The van der Waals surface area contributed by atoms with E-state index in [1.807, 2.05) is 54.0 Å². The minimum atomic E-state index is -4.42. The van der Waals surface area contributed by atoms with E-state index in [4.69, 9.17) is 0 Å². The number of halogens is 3. The fourth-order valence-electron chi connectivity index (χ4n) is 4.18. The zero-order valence-electron chi connectivity index (χ0n) is 21.7. The maximum absolute atomic E-state index is 13.5. The zero-order valence-corrected chi connectivity index (χ0v) is 21.7. The molecule has 1 aromatic heterocycles. The lowest BCUT2D eigenvalue weighted by Crippen LogP contribution is -2.42. The summed E-state index contributed by atoms with van der Waals surface area (Å²) in [7, 11) is 0. The summed E-state index contributed by atoms with van der Waals surface area (Å²) in [5, 5.41) is 0. The molecule has 2 aromatic carbocycles. The van der Waals surface area contributed by atoms with E-state index in [0.29, 0.717) is 18.5 Å². The zero-order chi connectivity index (χ0) is 27.5. The molecule has 0 aliphatic rings. The van der Waals surface area contributed by atoms with E-state index in [-0.39, 0.29) is 38.0 Å². The molecule has 3 rings (SSSR count). The van der Waals surface area contributed by atoms with Crippen LogP contribution in [0, 0.1) is 0 Å². The number of carbonyl (C=O) groups excluding carboxylic acids is 2. The van der Waals surface area contributed by atoms with E-state index in [0.717, 1.165) is 36.2 Å². The van der Waals surface area contributed by atoms with Gasteiger partial charge < -0.3 is 14.4 Å². The topological polar surface area (TPSA) is 45.6 Å². The van der Waals surface area contributed by atoms with Crippen molar-refractivity contribution in [1.29, 1.82) is 0 Å². The van der Waals surface area contributed by atoms with Gasteiger partial charge in [-0.3, -0.25) is 9.59 Å². The monoisotopic (exact) mass is 525 g/mol. The van der Waals surface area contributed by atoms with Crippen LogP contribution in [-0.2, 0) is 35.4 Å². The van der Waals surface area contributed by atoms with Crippen molar-refractivity contribution in [3.8, 4) is 0 Å². The summed E-state index contributed by atoms with van der Waals surface area (Å²) in [5.74, 6) is -0.306. The Balaban J connectivity index is 1.82. The highest BCUT2D eigenvalue weighted by atomic mass is 19.4. The number of rotatable bonds is 13. The Morgan fingerprint density at radius 3 is 2.34 bits per heavy atom. The largest absolute Gasteiger partial charge is 0.416 e. The van der Waals surface area contributed by atoms with Crippen molar-refractivity contribution in [2.75, 3.05) is 13.1 Å². The molecule has 1 heterocycles. The highest BCUT2D eigenvalue weighted by molar-refractivity contribution is 5.85. The summed E-state index contributed by atoms with van der Waals surface area (Å²) in [4.78, 5) is 29.4. The summed E-state index contributed by atoms with van der Waals surface area (Å²) in [6.45, 7) is 6.74. The number of alkyl halides is 3. The molecule has 0 bridgehead atoms. The molecule has 202 valence electrons. The molecule has 5 nitrogen and oxygen atoms in total. The fourth-order valence-corrected chi connectivity index (χ4v) is 4.18. The molecule has 0 N–H and O–H groups in total. The van der Waals surface area contributed by atoms with Crippen molar-refractivity contribution < 1.29 is 22.8 Å². The third-order valence-electron chi connectivity index (χ3n) is 6.23. The minimum Gasteiger partial charge on any atom is -0.345 e. The van der Waals surface area contributed by atoms with E-state index in [2.05, 4.69) is 6.58 Å². The molecule has 38 heavy (non-hydrogen) atoms. The van der Waals surface area contributed by atoms with E-state index in [9.17, 15) is 22.8 Å². The Bertz CT molecular complexity index is 1200. The smallest absolute Gasteiger partial charge is 0.345 e. The minimum absolute atomic E-state index is 0.0737. The number of unbranched alkanes of at least 4 members (excludes halogenated alkanes) is 1.